The zero-order chi connectivity index (χ0) is 49.7. The molecule has 0 aliphatic heterocycles. The summed E-state index contributed by atoms with van der Waals surface area (Å²) in [4.78, 5) is 15.0. The van der Waals surface area contributed by atoms with E-state index in [1.807, 2.05) is 27.7 Å². The average Bonchev–Trinajstić information content (AvgIpc) is 3.34. The number of methoxy groups -OCH3 is 1. The number of carbonyl (C=O) groups excluding carboxylic acids is 1. The van der Waals surface area contributed by atoms with E-state index in [2.05, 4.69) is 127 Å². The number of rotatable bonds is 40. The average molecular weight is 906 g/mol. The lowest BCUT2D eigenvalue weighted by Gasteiger charge is -2.15. The molecular weight excluding hydrogens is 785 g/mol. The number of allylic oxidation sites excluding steroid dienone is 8. The van der Waals surface area contributed by atoms with E-state index in [-0.39, 0.29) is 0 Å². The highest BCUT2D eigenvalue weighted by molar-refractivity contribution is 5.49. The van der Waals surface area contributed by atoms with Gasteiger partial charge < -0.3 is 24.1 Å². The van der Waals surface area contributed by atoms with Gasteiger partial charge in [-0.2, -0.15) is 0 Å². The topological polar surface area (TPSA) is 42.0 Å². The molecule has 0 saturated carbocycles. The standard InChI is InChI=1S/C27H51NO2.C10H18.C9H20O.C7H17N.2C2H6.C2H2/c1-3-4-5-6-7-8-9-10-11-12-13-14-15-16-17-18-20-26-30-27-21-19-23-28(2)24-22-25-29;1-3-5-7-9-10-8-6-4-2;1-3-4-5-6-7-8-9-10-2;1-4-7-8(5-2)6-3;3*1-2/h7-8,10-11,25H,3-6,9,12-24,26-27H2,1-2H3;3,5,9-10H,4,6-8H2,1-2H3;3-9H2,1-2H3;4-7H2,1-3H3;2*1-2H3;1-2H/b8-7-,11-10?;5-3-,10-9-;;;;;. The van der Waals surface area contributed by atoms with Gasteiger partial charge in [-0.3, -0.25) is 0 Å². The third-order valence-corrected chi connectivity index (χ3v) is 9.98. The Morgan fingerprint density at radius 2 is 0.844 bits per heavy atom. The summed E-state index contributed by atoms with van der Waals surface area (Å²) in [6.07, 6.45) is 61.3. The first-order chi connectivity index (χ1) is 31.5. The highest BCUT2D eigenvalue weighted by Gasteiger charge is 1.98. The lowest BCUT2D eigenvalue weighted by Crippen LogP contribution is -2.23. The first-order valence-electron chi connectivity index (χ1n) is 27.3. The number of nitrogens with zero attached hydrogens (tertiary/aromatic N) is 2. The van der Waals surface area contributed by atoms with Crippen molar-refractivity contribution in [2.75, 3.05) is 66.7 Å². The van der Waals surface area contributed by atoms with Crippen LogP contribution < -0.4 is 0 Å². The Kier molecular flexibility index (Phi) is 105. The first-order valence-corrected chi connectivity index (χ1v) is 27.3. The van der Waals surface area contributed by atoms with Crippen LogP contribution in [0.3, 0.4) is 0 Å². The van der Waals surface area contributed by atoms with Crippen LogP contribution in [0.1, 0.15) is 250 Å². The summed E-state index contributed by atoms with van der Waals surface area (Å²) in [5.74, 6) is 0. The molecule has 0 N–H and O–H groups in total. The maximum absolute atomic E-state index is 10.3. The zero-order valence-electron chi connectivity index (χ0n) is 46.2. The van der Waals surface area contributed by atoms with Crippen molar-refractivity contribution in [1.29, 1.82) is 0 Å². The summed E-state index contributed by atoms with van der Waals surface area (Å²) < 4.78 is 10.7. The van der Waals surface area contributed by atoms with Crippen LogP contribution in [0.2, 0.25) is 0 Å². The predicted molar refractivity (Wildman–Crippen MR) is 296 cm³/mol. The van der Waals surface area contributed by atoms with Gasteiger partial charge in [0.2, 0.25) is 0 Å². The van der Waals surface area contributed by atoms with Crippen molar-refractivity contribution < 1.29 is 14.3 Å². The zero-order valence-corrected chi connectivity index (χ0v) is 46.2. The van der Waals surface area contributed by atoms with Crippen LogP contribution in [0.15, 0.2) is 48.6 Å². The minimum atomic E-state index is 0.640. The molecule has 0 aliphatic carbocycles. The van der Waals surface area contributed by atoms with Gasteiger partial charge in [-0.1, -0.05) is 208 Å². The molecule has 0 aromatic heterocycles. The smallest absolute Gasteiger partial charge is 0.121 e. The summed E-state index contributed by atoms with van der Waals surface area (Å²) >= 11 is 0. The summed E-state index contributed by atoms with van der Waals surface area (Å²) in [5, 5.41) is 0. The van der Waals surface area contributed by atoms with E-state index in [0.29, 0.717) is 6.42 Å². The molecule has 0 heterocycles. The van der Waals surface area contributed by atoms with E-state index in [0.717, 1.165) is 64.9 Å². The molecule has 0 amide bonds. The van der Waals surface area contributed by atoms with Crippen LogP contribution in [0, 0.1) is 12.8 Å². The molecule has 0 bridgehead atoms. The maximum Gasteiger partial charge on any atom is 0.121 e. The van der Waals surface area contributed by atoms with Crippen LogP contribution in [-0.4, -0.2) is 82.8 Å². The van der Waals surface area contributed by atoms with E-state index in [9.17, 15) is 4.79 Å². The minimum Gasteiger partial charge on any atom is -0.385 e. The third kappa shape index (κ3) is 94.6. The molecule has 0 aromatic carbocycles. The largest absolute Gasteiger partial charge is 0.385 e. The molecule has 5 heteroatoms. The number of hydrogen-bond acceptors (Lipinski definition) is 5. The normalized spacial score (nSPS) is 10.6. The number of terminal acetylenes is 1. The lowest BCUT2D eigenvalue weighted by molar-refractivity contribution is -0.108. The second kappa shape index (κ2) is 87.9. The van der Waals surface area contributed by atoms with Crippen LogP contribution in [0.4, 0.5) is 0 Å². The molecule has 5 nitrogen and oxygen atoms in total. The van der Waals surface area contributed by atoms with Crippen molar-refractivity contribution in [3.8, 4) is 12.8 Å². The van der Waals surface area contributed by atoms with E-state index >= 15 is 0 Å². The van der Waals surface area contributed by atoms with Crippen molar-refractivity contribution in [2.24, 2.45) is 0 Å². The van der Waals surface area contributed by atoms with Gasteiger partial charge in [0.1, 0.15) is 6.29 Å². The van der Waals surface area contributed by atoms with Crippen LogP contribution in [0.25, 0.3) is 0 Å². The molecule has 0 radical (unpaired) electrons. The fraction of sp³-hybridized carbons (Fsp3) is 0.814. The Morgan fingerprint density at radius 1 is 0.438 bits per heavy atom. The molecule has 0 unspecified atom stereocenters. The number of hydrogen-bond donors (Lipinski definition) is 0. The molecule has 0 atom stereocenters. The van der Waals surface area contributed by atoms with E-state index in [1.54, 1.807) is 7.11 Å². The van der Waals surface area contributed by atoms with Gasteiger partial charge in [-0.15, -0.1) is 12.8 Å². The van der Waals surface area contributed by atoms with E-state index < -0.39 is 0 Å². The molecular formula is C59H120N2O3. The number of ether oxygens (including phenoxy) is 2. The summed E-state index contributed by atoms with van der Waals surface area (Å²) in [6, 6.07) is 0. The van der Waals surface area contributed by atoms with Crippen LogP contribution in [0.5, 0.6) is 0 Å². The predicted octanol–water partition coefficient (Wildman–Crippen LogP) is 18.2. The summed E-state index contributed by atoms with van der Waals surface area (Å²) in [6.45, 7) is 31.7. The Labute approximate surface area is 406 Å². The van der Waals surface area contributed by atoms with Crippen LogP contribution in [-0.2, 0) is 14.3 Å². The van der Waals surface area contributed by atoms with E-state index in [1.165, 1.54) is 161 Å². The molecule has 0 rings (SSSR count). The highest BCUT2D eigenvalue weighted by Crippen LogP contribution is 2.10. The SMILES string of the molecule is C#C.C/C=C\C/C=C\CCCC.CC.CC.CCCCC/C=C\CC=CCCCCCCCCCOCCCCN(C)CCC=O.CCCCCCCCOC.CCCN(CC)CC. The number of aldehydes is 1. The quantitative estimate of drug-likeness (QED) is 0.0265. The second-order valence-electron chi connectivity index (χ2n) is 15.7. The minimum absolute atomic E-state index is 0.640. The van der Waals surface area contributed by atoms with Crippen molar-refractivity contribution in [3.05, 3.63) is 48.6 Å². The van der Waals surface area contributed by atoms with Crippen molar-refractivity contribution in [2.45, 2.75) is 250 Å². The molecule has 0 aromatic rings. The van der Waals surface area contributed by atoms with Gasteiger partial charge >= 0.3 is 0 Å². The van der Waals surface area contributed by atoms with Crippen molar-refractivity contribution >= 4 is 6.29 Å². The maximum atomic E-state index is 10.3. The second-order valence-corrected chi connectivity index (χ2v) is 15.7. The fourth-order valence-electron chi connectivity index (χ4n) is 6.08. The highest BCUT2D eigenvalue weighted by atomic mass is 16.5. The first kappa shape index (κ1) is 76.3. The summed E-state index contributed by atoms with van der Waals surface area (Å²) in [5.41, 5.74) is 0. The van der Waals surface area contributed by atoms with Gasteiger partial charge in [0.05, 0.1) is 0 Å². The van der Waals surface area contributed by atoms with Gasteiger partial charge in [0, 0.05) is 39.9 Å². The Bertz CT molecular complexity index is 838. The molecule has 0 saturated heterocycles. The van der Waals surface area contributed by atoms with Gasteiger partial charge in [0.15, 0.2) is 0 Å². The van der Waals surface area contributed by atoms with E-state index in [4.69, 9.17) is 9.47 Å². The third-order valence-electron chi connectivity index (χ3n) is 9.98. The Hall–Kier alpha value is -1.97. The van der Waals surface area contributed by atoms with Gasteiger partial charge in [0.25, 0.3) is 0 Å². The summed E-state index contributed by atoms with van der Waals surface area (Å²) in [7, 11) is 3.85. The van der Waals surface area contributed by atoms with Gasteiger partial charge in [-0.25, -0.2) is 0 Å². The van der Waals surface area contributed by atoms with Crippen molar-refractivity contribution in [1.82, 2.24) is 9.80 Å². The Balaban J connectivity index is -0.000000155. The Morgan fingerprint density at radius 3 is 1.28 bits per heavy atom. The molecule has 384 valence electrons. The number of carbonyl (C=O) groups is 1. The van der Waals surface area contributed by atoms with Gasteiger partial charge in [-0.05, 0) is 117 Å². The number of unbranched alkanes of at least 4 members (excludes halogenated alkanes) is 18. The molecule has 64 heavy (non-hydrogen) atoms. The molecule has 0 aliphatic rings. The molecule has 0 spiro atoms. The monoisotopic (exact) mass is 905 g/mol. The fourth-order valence-corrected chi connectivity index (χ4v) is 6.08. The van der Waals surface area contributed by atoms with Crippen LogP contribution >= 0.6 is 0 Å². The lowest BCUT2D eigenvalue weighted by atomic mass is 10.1. The molecule has 0 fully saturated rings. The van der Waals surface area contributed by atoms with Crippen molar-refractivity contribution in [3.63, 3.8) is 0 Å².